The number of nitrogens with zero attached hydrogens (tertiary/aromatic N) is 6. The fraction of sp³-hybridized carbons (Fsp3) is 0.435. The third-order valence-corrected chi connectivity index (χ3v) is 8.93. The number of fused-ring (bicyclic) bond motifs is 2. The van der Waals surface area contributed by atoms with Crippen molar-refractivity contribution < 1.29 is 22.6 Å². The number of anilines is 3. The largest absolute Gasteiger partial charge is 0.454 e. The minimum absolute atomic E-state index is 0.225. The molecule has 0 saturated carbocycles. The summed E-state index contributed by atoms with van der Waals surface area (Å²) in [5.74, 6) is 2.66. The zero-order chi connectivity index (χ0) is 25.4. The third-order valence-electron chi connectivity index (χ3n) is 6.45. The first-order valence-corrected chi connectivity index (χ1v) is 14.6. The van der Waals surface area contributed by atoms with E-state index in [4.69, 9.17) is 24.2 Å². The number of piperazine rings is 1. The van der Waals surface area contributed by atoms with Crippen LogP contribution >= 0.6 is 11.3 Å². The van der Waals surface area contributed by atoms with Crippen molar-refractivity contribution in [2.45, 2.75) is 0 Å². The maximum Gasteiger partial charge on any atom is 0.246 e. The molecule has 14 heteroatoms. The Kier molecular flexibility index (Phi) is 6.48. The standard InChI is InChI=1S/C23H27N7O5S2/c1-37(31,32)30-6-4-28(5-7-30)20-13-17-21(36-20)22(29-8-10-33-11-9-29)26-23(25-17)27-24-14-16-2-3-18-19(12-16)35-15-34-18/h2-3,12-14H,4-11,15H2,1H3,(H,25,26,27)/b24-14+. The predicted octanol–water partition coefficient (Wildman–Crippen LogP) is 1.78. The Morgan fingerprint density at radius 2 is 1.78 bits per heavy atom. The van der Waals surface area contributed by atoms with Crippen LogP contribution < -0.4 is 24.7 Å². The van der Waals surface area contributed by atoms with E-state index in [-0.39, 0.29) is 6.79 Å². The van der Waals surface area contributed by atoms with Gasteiger partial charge in [-0.05, 0) is 29.8 Å². The number of aromatic nitrogens is 2. The van der Waals surface area contributed by atoms with Crippen LogP contribution in [0.5, 0.6) is 11.5 Å². The molecule has 196 valence electrons. The number of benzene rings is 1. The monoisotopic (exact) mass is 545 g/mol. The normalized spacial score (nSPS) is 18.7. The minimum Gasteiger partial charge on any atom is -0.454 e. The fourth-order valence-electron chi connectivity index (χ4n) is 4.50. The predicted molar refractivity (Wildman–Crippen MR) is 143 cm³/mol. The summed E-state index contributed by atoms with van der Waals surface area (Å²) in [7, 11) is -3.18. The van der Waals surface area contributed by atoms with Crippen LogP contribution in [0.15, 0.2) is 29.4 Å². The van der Waals surface area contributed by atoms with Crippen molar-refractivity contribution in [3.05, 3.63) is 29.8 Å². The number of hydrazone groups is 1. The van der Waals surface area contributed by atoms with Gasteiger partial charge < -0.3 is 24.0 Å². The zero-order valence-electron chi connectivity index (χ0n) is 20.3. The Morgan fingerprint density at radius 1 is 1.00 bits per heavy atom. The lowest BCUT2D eigenvalue weighted by Crippen LogP contribution is -2.48. The van der Waals surface area contributed by atoms with Crippen LogP contribution in [0.3, 0.4) is 0 Å². The first-order chi connectivity index (χ1) is 17.9. The molecular weight excluding hydrogens is 518 g/mol. The molecular formula is C23H27N7O5S2. The second kappa shape index (κ2) is 9.93. The van der Waals surface area contributed by atoms with E-state index in [0.717, 1.165) is 45.4 Å². The van der Waals surface area contributed by atoms with Crippen molar-refractivity contribution in [1.82, 2.24) is 14.3 Å². The van der Waals surface area contributed by atoms with Crippen LogP contribution in [0.2, 0.25) is 0 Å². The summed E-state index contributed by atoms with van der Waals surface area (Å²) in [4.78, 5) is 14.0. The maximum absolute atomic E-state index is 11.9. The Morgan fingerprint density at radius 3 is 2.57 bits per heavy atom. The van der Waals surface area contributed by atoms with Gasteiger partial charge in [0.15, 0.2) is 17.3 Å². The van der Waals surface area contributed by atoms with Gasteiger partial charge in [-0.3, -0.25) is 0 Å². The number of hydrogen-bond donors (Lipinski definition) is 1. The van der Waals surface area contributed by atoms with Crippen molar-refractivity contribution in [2.24, 2.45) is 5.10 Å². The molecule has 0 aliphatic carbocycles. The van der Waals surface area contributed by atoms with Crippen molar-refractivity contribution >= 4 is 54.6 Å². The van der Waals surface area contributed by atoms with E-state index >= 15 is 0 Å². The summed E-state index contributed by atoms with van der Waals surface area (Å²) in [6.45, 7) is 5.19. The van der Waals surface area contributed by atoms with Gasteiger partial charge in [0.2, 0.25) is 22.8 Å². The van der Waals surface area contributed by atoms with Gasteiger partial charge in [-0.15, -0.1) is 11.3 Å². The Hall–Kier alpha value is -3.20. The van der Waals surface area contributed by atoms with E-state index in [0.29, 0.717) is 51.1 Å². The van der Waals surface area contributed by atoms with Crippen molar-refractivity contribution in [1.29, 1.82) is 0 Å². The molecule has 3 aromatic rings. The summed E-state index contributed by atoms with van der Waals surface area (Å²) in [6, 6.07) is 7.67. The lowest BCUT2D eigenvalue weighted by Gasteiger charge is -2.33. The number of rotatable bonds is 6. The average Bonchev–Trinajstić information content (AvgIpc) is 3.55. The van der Waals surface area contributed by atoms with Crippen LogP contribution in [0.4, 0.5) is 16.8 Å². The molecule has 0 radical (unpaired) electrons. The van der Waals surface area contributed by atoms with Gasteiger partial charge in [-0.25, -0.2) is 18.8 Å². The molecule has 6 rings (SSSR count). The molecule has 0 atom stereocenters. The van der Waals surface area contributed by atoms with Crippen LogP contribution in [-0.4, -0.2) is 94.4 Å². The quantitative estimate of drug-likeness (QED) is 0.362. The summed E-state index contributed by atoms with van der Waals surface area (Å²) in [6.07, 6.45) is 2.94. The SMILES string of the molecule is CS(=O)(=O)N1CCN(c2cc3nc(N/N=C/c4ccc5c(c4)OCO5)nc(N4CCOCC4)c3s2)CC1. The van der Waals surface area contributed by atoms with Crippen molar-refractivity contribution in [2.75, 3.05) is 80.8 Å². The Labute approximate surface area is 218 Å². The molecule has 0 bridgehead atoms. The number of nitrogens with one attached hydrogen (secondary N) is 1. The highest BCUT2D eigenvalue weighted by Gasteiger charge is 2.26. The molecule has 3 aliphatic heterocycles. The van der Waals surface area contributed by atoms with E-state index in [2.05, 4.69) is 26.4 Å². The Bertz CT molecular complexity index is 1430. The molecule has 37 heavy (non-hydrogen) atoms. The molecule has 12 nitrogen and oxygen atoms in total. The number of hydrogen-bond acceptors (Lipinski definition) is 12. The highest BCUT2D eigenvalue weighted by molar-refractivity contribution is 7.88. The van der Waals surface area contributed by atoms with Crippen molar-refractivity contribution in [3.8, 4) is 11.5 Å². The average molecular weight is 546 g/mol. The smallest absolute Gasteiger partial charge is 0.246 e. The van der Waals surface area contributed by atoms with Gasteiger partial charge in [-0.2, -0.15) is 14.4 Å². The van der Waals surface area contributed by atoms with Crippen LogP contribution in [0, 0.1) is 0 Å². The molecule has 1 aromatic carbocycles. The third kappa shape index (κ3) is 5.14. The van der Waals surface area contributed by atoms with Gasteiger partial charge in [0.1, 0.15) is 0 Å². The number of ether oxygens (including phenoxy) is 3. The van der Waals surface area contributed by atoms with Gasteiger partial charge >= 0.3 is 0 Å². The van der Waals surface area contributed by atoms with E-state index in [1.54, 1.807) is 17.6 Å². The van der Waals surface area contributed by atoms with E-state index < -0.39 is 10.0 Å². The molecule has 0 unspecified atom stereocenters. The van der Waals surface area contributed by atoms with E-state index in [9.17, 15) is 8.42 Å². The number of sulfonamides is 1. The molecule has 2 fully saturated rings. The second-order valence-corrected chi connectivity index (χ2v) is 11.9. The maximum atomic E-state index is 11.9. The first kappa shape index (κ1) is 24.2. The van der Waals surface area contributed by atoms with Crippen LogP contribution in [0.1, 0.15) is 5.56 Å². The lowest BCUT2D eigenvalue weighted by atomic mass is 10.2. The fourth-order valence-corrected chi connectivity index (χ4v) is 6.49. The van der Waals surface area contributed by atoms with Crippen molar-refractivity contribution in [3.63, 3.8) is 0 Å². The van der Waals surface area contributed by atoms with Gasteiger partial charge in [-0.1, -0.05) is 0 Å². The van der Waals surface area contributed by atoms with E-state index in [1.807, 2.05) is 18.2 Å². The van der Waals surface area contributed by atoms with Gasteiger partial charge in [0, 0.05) is 39.3 Å². The van der Waals surface area contributed by atoms with E-state index in [1.165, 1.54) is 10.6 Å². The summed E-state index contributed by atoms with van der Waals surface area (Å²) >= 11 is 1.63. The van der Waals surface area contributed by atoms with Crippen LogP contribution in [-0.2, 0) is 14.8 Å². The van der Waals surface area contributed by atoms with Crippen LogP contribution in [0.25, 0.3) is 10.2 Å². The lowest BCUT2D eigenvalue weighted by molar-refractivity contribution is 0.122. The number of morpholine rings is 1. The molecule has 5 heterocycles. The molecule has 2 saturated heterocycles. The summed E-state index contributed by atoms with van der Waals surface area (Å²) < 4.78 is 42.6. The summed E-state index contributed by atoms with van der Waals surface area (Å²) in [5.41, 5.74) is 4.66. The zero-order valence-corrected chi connectivity index (χ0v) is 21.9. The highest BCUT2D eigenvalue weighted by atomic mass is 32.2. The Balaban J connectivity index is 1.26. The molecule has 3 aliphatic rings. The first-order valence-electron chi connectivity index (χ1n) is 12.0. The minimum atomic E-state index is -3.18. The molecule has 0 spiro atoms. The summed E-state index contributed by atoms with van der Waals surface area (Å²) in [5, 5.41) is 5.40. The molecule has 2 aromatic heterocycles. The number of thiophene rings is 1. The second-order valence-electron chi connectivity index (χ2n) is 8.90. The molecule has 0 amide bonds. The molecule has 1 N–H and O–H groups in total. The van der Waals surface area contributed by atoms with Gasteiger partial charge in [0.25, 0.3) is 0 Å². The van der Waals surface area contributed by atoms with Gasteiger partial charge in [0.05, 0.1) is 40.9 Å². The highest BCUT2D eigenvalue weighted by Crippen LogP contribution is 2.38. The topological polar surface area (TPSA) is 122 Å².